The summed E-state index contributed by atoms with van der Waals surface area (Å²) in [6, 6.07) is 14.0. The third-order valence-corrected chi connectivity index (χ3v) is 5.96. The molecule has 4 nitrogen and oxygen atoms in total. The highest BCUT2D eigenvalue weighted by Gasteiger charge is 2.29. The summed E-state index contributed by atoms with van der Waals surface area (Å²) >= 11 is 1.46. The van der Waals surface area contributed by atoms with E-state index >= 15 is 0 Å². The molecule has 0 aliphatic carbocycles. The zero-order valence-corrected chi connectivity index (χ0v) is 16.0. The largest absolute Gasteiger partial charge is 0.355 e. The molecule has 2 amide bonds. The number of benzene rings is 1. The van der Waals surface area contributed by atoms with Gasteiger partial charge in [-0.3, -0.25) is 9.59 Å². The van der Waals surface area contributed by atoms with Crippen molar-refractivity contribution in [1.82, 2.24) is 10.2 Å². The van der Waals surface area contributed by atoms with E-state index in [-0.39, 0.29) is 17.7 Å². The van der Waals surface area contributed by atoms with E-state index in [9.17, 15) is 9.59 Å². The van der Waals surface area contributed by atoms with E-state index in [1.807, 2.05) is 40.6 Å². The monoisotopic (exact) mass is 370 g/mol. The van der Waals surface area contributed by atoms with Gasteiger partial charge in [0, 0.05) is 25.6 Å². The zero-order valence-electron chi connectivity index (χ0n) is 15.2. The van der Waals surface area contributed by atoms with Crippen LogP contribution in [0.4, 0.5) is 0 Å². The maximum atomic E-state index is 12.7. The average Bonchev–Trinajstić information content (AvgIpc) is 3.23. The van der Waals surface area contributed by atoms with Gasteiger partial charge in [-0.15, -0.1) is 11.3 Å². The van der Waals surface area contributed by atoms with Gasteiger partial charge in [-0.05, 0) is 36.3 Å². The van der Waals surface area contributed by atoms with Crippen LogP contribution in [0.5, 0.6) is 0 Å². The summed E-state index contributed by atoms with van der Waals surface area (Å²) in [5, 5.41) is 5.03. The minimum atomic E-state index is -0.110. The highest BCUT2D eigenvalue weighted by Crippen LogP contribution is 2.22. The molecule has 1 saturated heterocycles. The first kappa shape index (κ1) is 18.6. The summed E-state index contributed by atoms with van der Waals surface area (Å²) < 4.78 is 0. The zero-order chi connectivity index (χ0) is 18.4. The Morgan fingerprint density at radius 3 is 2.73 bits per heavy atom. The van der Waals surface area contributed by atoms with Gasteiger partial charge in [0.1, 0.15) is 0 Å². The molecule has 1 N–H and O–H groups in total. The summed E-state index contributed by atoms with van der Waals surface area (Å²) in [6.45, 7) is 4.05. The number of piperidine rings is 1. The Balaban J connectivity index is 1.55. The van der Waals surface area contributed by atoms with Crippen LogP contribution in [-0.4, -0.2) is 36.3 Å². The summed E-state index contributed by atoms with van der Waals surface area (Å²) in [7, 11) is 0. The highest BCUT2D eigenvalue weighted by atomic mass is 32.1. The van der Waals surface area contributed by atoms with Crippen LogP contribution in [0.1, 0.15) is 47.3 Å². The van der Waals surface area contributed by atoms with Crippen molar-refractivity contribution in [3.05, 3.63) is 58.3 Å². The van der Waals surface area contributed by atoms with Crippen molar-refractivity contribution in [3.8, 4) is 0 Å². The number of nitrogens with zero attached hydrogens (tertiary/aromatic N) is 1. The van der Waals surface area contributed by atoms with Crippen LogP contribution in [-0.2, 0) is 4.79 Å². The fourth-order valence-corrected chi connectivity index (χ4v) is 4.21. The predicted molar refractivity (Wildman–Crippen MR) is 105 cm³/mol. The fourth-order valence-electron chi connectivity index (χ4n) is 3.52. The molecule has 1 aromatic carbocycles. The summed E-state index contributed by atoms with van der Waals surface area (Å²) in [4.78, 5) is 27.8. The first-order chi connectivity index (χ1) is 12.7. The molecule has 5 heteroatoms. The number of likely N-dealkylation sites (tertiary alicyclic amines) is 1. The van der Waals surface area contributed by atoms with E-state index in [0.29, 0.717) is 19.0 Å². The molecule has 2 atom stereocenters. The van der Waals surface area contributed by atoms with Crippen molar-refractivity contribution in [3.63, 3.8) is 0 Å². The number of amides is 2. The molecule has 3 rings (SSSR count). The quantitative estimate of drug-likeness (QED) is 0.838. The van der Waals surface area contributed by atoms with Crippen molar-refractivity contribution in [2.45, 2.75) is 32.1 Å². The van der Waals surface area contributed by atoms with Crippen LogP contribution in [0.3, 0.4) is 0 Å². The Morgan fingerprint density at radius 1 is 1.23 bits per heavy atom. The number of carbonyl (C=O) groups is 2. The minimum Gasteiger partial charge on any atom is -0.355 e. The van der Waals surface area contributed by atoms with Gasteiger partial charge in [0.15, 0.2) is 0 Å². The molecule has 0 saturated carbocycles. The smallest absolute Gasteiger partial charge is 0.263 e. The van der Waals surface area contributed by atoms with Crippen molar-refractivity contribution < 1.29 is 9.59 Å². The van der Waals surface area contributed by atoms with Crippen LogP contribution in [0, 0.1) is 5.92 Å². The lowest BCUT2D eigenvalue weighted by Gasteiger charge is -2.32. The van der Waals surface area contributed by atoms with E-state index in [4.69, 9.17) is 0 Å². The number of hydrogen-bond donors (Lipinski definition) is 1. The first-order valence-electron chi connectivity index (χ1n) is 9.34. The van der Waals surface area contributed by atoms with Gasteiger partial charge in [-0.1, -0.05) is 43.3 Å². The summed E-state index contributed by atoms with van der Waals surface area (Å²) in [5.74, 6) is 0.338. The van der Waals surface area contributed by atoms with Gasteiger partial charge >= 0.3 is 0 Å². The van der Waals surface area contributed by atoms with Crippen LogP contribution in [0.15, 0.2) is 47.8 Å². The molecule has 0 unspecified atom stereocenters. The summed E-state index contributed by atoms with van der Waals surface area (Å²) in [6.07, 6.45) is 2.71. The number of hydrogen-bond acceptors (Lipinski definition) is 3. The third kappa shape index (κ3) is 4.52. The Hall–Kier alpha value is -2.14. The Kier molecular flexibility index (Phi) is 6.45. The van der Waals surface area contributed by atoms with E-state index < -0.39 is 0 Å². The molecule has 0 radical (unpaired) electrons. The lowest BCUT2D eigenvalue weighted by molar-refractivity contribution is -0.126. The molecule has 138 valence electrons. The molecular weight excluding hydrogens is 344 g/mol. The molecule has 0 bridgehead atoms. The standard InChI is InChI=1S/C21H26N2O2S/c1-2-16(17-8-4-3-5-9-17)14-22-20(24)18-10-6-12-23(15-18)21(25)19-11-7-13-26-19/h3-5,7-9,11,13,16,18H,2,6,10,12,14-15H2,1H3,(H,22,24)/t16-,18-/m0/s1. The molecule has 1 aliphatic heterocycles. The van der Waals surface area contributed by atoms with Gasteiger partial charge in [-0.2, -0.15) is 0 Å². The van der Waals surface area contributed by atoms with Crippen LogP contribution < -0.4 is 5.32 Å². The highest BCUT2D eigenvalue weighted by molar-refractivity contribution is 7.12. The Labute approximate surface area is 159 Å². The molecule has 2 heterocycles. The van der Waals surface area contributed by atoms with Gasteiger partial charge in [0.05, 0.1) is 10.8 Å². The van der Waals surface area contributed by atoms with Gasteiger partial charge in [-0.25, -0.2) is 0 Å². The summed E-state index contributed by atoms with van der Waals surface area (Å²) in [5.41, 5.74) is 1.26. The third-order valence-electron chi connectivity index (χ3n) is 5.10. The molecule has 2 aromatic rings. The first-order valence-corrected chi connectivity index (χ1v) is 10.2. The maximum absolute atomic E-state index is 12.7. The predicted octanol–water partition coefficient (Wildman–Crippen LogP) is 3.91. The average molecular weight is 371 g/mol. The number of rotatable bonds is 6. The second-order valence-corrected chi connectivity index (χ2v) is 7.78. The lowest BCUT2D eigenvalue weighted by Crippen LogP contribution is -2.45. The van der Waals surface area contributed by atoms with Crippen LogP contribution in [0.2, 0.25) is 0 Å². The van der Waals surface area contributed by atoms with Crippen molar-refractivity contribution in [1.29, 1.82) is 0 Å². The Bertz CT molecular complexity index is 715. The maximum Gasteiger partial charge on any atom is 0.263 e. The number of thiophene rings is 1. The molecule has 1 fully saturated rings. The Morgan fingerprint density at radius 2 is 2.04 bits per heavy atom. The molecule has 26 heavy (non-hydrogen) atoms. The number of carbonyl (C=O) groups excluding carboxylic acids is 2. The molecule has 0 spiro atoms. The minimum absolute atomic E-state index is 0.0493. The molecular formula is C21H26N2O2S. The topological polar surface area (TPSA) is 49.4 Å². The second-order valence-electron chi connectivity index (χ2n) is 6.83. The van der Waals surface area contributed by atoms with Crippen molar-refractivity contribution in [2.24, 2.45) is 5.92 Å². The lowest BCUT2D eigenvalue weighted by atomic mass is 9.94. The molecule has 1 aromatic heterocycles. The van der Waals surface area contributed by atoms with E-state index in [2.05, 4.69) is 24.4 Å². The molecule has 1 aliphatic rings. The second kappa shape index (κ2) is 8.99. The normalized spacial score (nSPS) is 18.3. The van der Waals surface area contributed by atoms with Crippen molar-refractivity contribution in [2.75, 3.05) is 19.6 Å². The van der Waals surface area contributed by atoms with E-state index in [1.54, 1.807) is 0 Å². The fraction of sp³-hybridized carbons (Fsp3) is 0.429. The van der Waals surface area contributed by atoms with Gasteiger partial charge in [0.2, 0.25) is 5.91 Å². The van der Waals surface area contributed by atoms with Crippen molar-refractivity contribution >= 4 is 23.2 Å². The van der Waals surface area contributed by atoms with Crippen LogP contribution >= 0.6 is 11.3 Å². The van der Waals surface area contributed by atoms with Gasteiger partial charge in [0.25, 0.3) is 5.91 Å². The van der Waals surface area contributed by atoms with E-state index in [1.165, 1.54) is 16.9 Å². The number of nitrogens with one attached hydrogen (secondary N) is 1. The van der Waals surface area contributed by atoms with Crippen LogP contribution in [0.25, 0.3) is 0 Å². The van der Waals surface area contributed by atoms with E-state index in [0.717, 1.165) is 30.7 Å². The van der Waals surface area contributed by atoms with Gasteiger partial charge < -0.3 is 10.2 Å². The SMILES string of the molecule is CC[C@@H](CNC(=O)[C@H]1CCCN(C(=O)c2cccs2)C1)c1ccccc1.